The van der Waals surface area contributed by atoms with Crippen LogP contribution in [-0.4, -0.2) is 38.5 Å². The van der Waals surface area contributed by atoms with Crippen LogP contribution in [0.25, 0.3) is 0 Å². The van der Waals surface area contributed by atoms with E-state index in [1.165, 1.54) is 32.1 Å². The van der Waals surface area contributed by atoms with Crippen molar-refractivity contribution in [1.82, 2.24) is 5.32 Å². The molecule has 0 bridgehead atoms. The molecule has 0 aromatic carbocycles. The molecule has 3 nitrogen and oxygen atoms in total. The summed E-state index contributed by atoms with van der Waals surface area (Å²) in [7, 11) is 0. The van der Waals surface area contributed by atoms with E-state index in [-0.39, 0.29) is 0 Å². The van der Waals surface area contributed by atoms with Crippen LogP contribution in [0.5, 0.6) is 0 Å². The predicted molar refractivity (Wildman–Crippen MR) is 55.4 cm³/mol. The highest BCUT2D eigenvalue weighted by Crippen LogP contribution is 2.15. The Balaban J connectivity index is 1.52. The summed E-state index contributed by atoms with van der Waals surface area (Å²) >= 11 is 0. The number of hydrogen-bond acceptors (Lipinski definition) is 3. The Morgan fingerprint density at radius 1 is 1.07 bits per heavy atom. The topological polar surface area (TPSA) is 30.5 Å². The summed E-state index contributed by atoms with van der Waals surface area (Å²) in [6.07, 6.45) is 6.56. The fourth-order valence-corrected chi connectivity index (χ4v) is 2.22. The Morgan fingerprint density at radius 2 is 1.93 bits per heavy atom. The average Bonchev–Trinajstić information content (AvgIpc) is 2.72. The van der Waals surface area contributed by atoms with Crippen molar-refractivity contribution in [2.24, 2.45) is 0 Å². The zero-order valence-electron chi connectivity index (χ0n) is 8.84. The summed E-state index contributed by atoms with van der Waals surface area (Å²) in [5.74, 6) is 0. The molecule has 2 aliphatic rings. The minimum absolute atomic E-state index is 0.530. The lowest BCUT2D eigenvalue weighted by atomic mass is 10.1. The van der Waals surface area contributed by atoms with E-state index < -0.39 is 0 Å². The second kappa shape index (κ2) is 5.69. The Hall–Kier alpha value is -0.120. The monoisotopic (exact) mass is 199 g/mol. The minimum atomic E-state index is 0.530. The first-order valence-corrected chi connectivity index (χ1v) is 5.88. The second-order valence-corrected chi connectivity index (χ2v) is 4.26. The quantitative estimate of drug-likeness (QED) is 0.741. The van der Waals surface area contributed by atoms with E-state index in [4.69, 9.17) is 9.47 Å². The van der Waals surface area contributed by atoms with Crippen LogP contribution in [0, 0.1) is 0 Å². The molecule has 0 aliphatic carbocycles. The average molecular weight is 199 g/mol. The van der Waals surface area contributed by atoms with Crippen molar-refractivity contribution in [3.63, 3.8) is 0 Å². The van der Waals surface area contributed by atoms with Crippen molar-refractivity contribution in [3.05, 3.63) is 0 Å². The lowest BCUT2D eigenvalue weighted by Crippen LogP contribution is -2.36. The van der Waals surface area contributed by atoms with Crippen LogP contribution < -0.4 is 5.32 Å². The molecule has 0 saturated carbocycles. The molecule has 3 heteroatoms. The number of hydrogen-bond donors (Lipinski definition) is 1. The summed E-state index contributed by atoms with van der Waals surface area (Å²) in [4.78, 5) is 0. The summed E-state index contributed by atoms with van der Waals surface area (Å²) in [5.41, 5.74) is 0. The molecule has 0 aromatic heterocycles. The molecule has 2 aliphatic heterocycles. The predicted octanol–water partition coefficient (Wildman–Crippen LogP) is 1.32. The van der Waals surface area contributed by atoms with Gasteiger partial charge >= 0.3 is 0 Å². The number of rotatable bonds is 4. The van der Waals surface area contributed by atoms with Crippen LogP contribution >= 0.6 is 0 Å². The van der Waals surface area contributed by atoms with Gasteiger partial charge in [0.15, 0.2) is 0 Å². The van der Waals surface area contributed by atoms with Gasteiger partial charge in [0.2, 0.25) is 0 Å². The first-order chi connectivity index (χ1) is 6.95. The van der Waals surface area contributed by atoms with Gasteiger partial charge in [-0.05, 0) is 38.6 Å². The molecule has 2 heterocycles. The molecular formula is C11H21NO2. The molecule has 0 aromatic rings. The molecule has 1 N–H and O–H groups in total. The van der Waals surface area contributed by atoms with Gasteiger partial charge in [-0.1, -0.05) is 0 Å². The second-order valence-electron chi connectivity index (χ2n) is 4.26. The van der Waals surface area contributed by atoms with Gasteiger partial charge in [0.1, 0.15) is 0 Å². The smallest absolute Gasteiger partial charge is 0.0588 e. The van der Waals surface area contributed by atoms with Crippen molar-refractivity contribution in [3.8, 4) is 0 Å². The fraction of sp³-hybridized carbons (Fsp3) is 1.00. The van der Waals surface area contributed by atoms with Gasteiger partial charge in [0.25, 0.3) is 0 Å². The van der Waals surface area contributed by atoms with E-state index in [2.05, 4.69) is 5.32 Å². The van der Waals surface area contributed by atoms with Gasteiger partial charge in [-0.3, -0.25) is 0 Å². The van der Waals surface area contributed by atoms with Crippen LogP contribution in [-0.2, 0) is 9.47 Å². The molecular weight excluding hydrogens is 178 g/mol. The van der Waals surface area contributed by atoms with Crippen molar-refractivity contribution in [2.45, 2.75) is 44.2 Å². The molecule has 2 saturated heterocycles. The standard InChI is InChI=1S/C11H21NO2/c1-2-11(14-7-1)3-6-12-10-4-8-13-9-5-10/h10-12H,1-9H2. The van der Waals surface area contributed by atoms with Gasteiger partial charge in [0, 0.05) is 25.9 Å². The lowest BCUT2D eigenvalue weighted by molar-refractivity contribution is 0.0737. The summed E-state index contributed by atoms with van der Waals surface area (Å²) in [5, 5.41) is 3.59. The first kappa shape index (κ1) is 10.4. The molecule has 1 atom stereocenters. The molecule has 0 amide bonds. The van der Waals surface area contributed by atoms with Crippen LogP contribution in [0.4, 0.5) is 0 Å². The molecule has 2 rings (SSSR count). The molecule has 1 unspecified atom stereocenters. The maximum atomic E-state index is 5.58. The zero-order valence-corrected chi connectivity index (χ0v) is 8.84. The first-order valence-electron chi connectivity index (χ1n) is 5.88. The molecule has 0 radical (unpaired) electrons. The molecule has 14 heavy (non-hydrogen) atoms. The van der Waals surface area contributed by atoms with Crippen LogP contribution in [0.15, 0.2) is 0 Å². The Kier molecular flexibility index (Phi) is 4.22. The Labute approximate surface area is 86.2 Å². The molecule has 2 fully saturated rings. The third kappa shape index (κ3) is 3.23. The van der Waals surface area contributed by atoms with E-state index in [1.807, 2.05) is 0 Å². The normalized spacial score (nSPS) is 29.6. The van der Waals surface area contributed by atoms with E-state index in [0.29, 0.717) is 12.1 Å². The third-order valence-electron chi connectivity index (χ3n) is 3.14. The van der Waals surface area contributed by atoms with E-state index in [0.717, 1.165) is 26.4 Å². The third-order valence-corrected chi connectivity index (χ3v) is 3.14. The van der Waals surface area contributed by atoms with E-state index in [9.17, 15) is 0 Å². The van der Waals surface area contributed by atoms with Crippen molar-refractivity contribution in [2.75, 3.05) is 26.4 Å². The van der Waals surface area contributed by atoms with Crippen molar-refractivity contribution < 1.29 is 9.47 Å². The summed E-state index contributed by atoms with van der Waals surface area (Å²) in [6, 6.07) is 0.685. The largest absolute Gasteiger partial charge is 0.381 e. The van der Waals surface area contributed by atoms with E-state index in [1.54, 1.807) is 0 Å². The number of nitrogens with one attached hydrogen (secondary N) is 1. The van der Waals surface area contributed by atoms with Crippen LogP contribution in [0.1, 0.15) is 32.1 Å². The van der Waals surface area contributed by atoms with E-state index >= 15 is 0 Å². The van der Waals surface area contributed by atoms with Gasteiger partial charge < -0.3 is 14.8 Å². The van der Waals surface area contributed by atoms with Crippen molar-refractivity contribution >= 4 is 0 Å². The van der Waals surface area contributed by atoms with Gasteiger partial charge in [-0.2, -0.15) is 0 Å². The highest BCUT2D eigenvalue weighted by Gasteiger charge is 2.16. The van der Waals surface area contributed by atoms with Gasteiger partial charge in [0.05, 0.1) is 6.10 Å². The minimum Gasteiger partial charge on any atom is -0.381 e. The Morgan fingerprint density at radius 3 is 2.64 bits per heavy atom. The number of ether oxygens (including phenoxy) is 2. The molecule has 0 spiro atoms. The highest BCUT2D eigenvalue weighted by molar-refractivity contribution is 4.72. The Bertz CT molecular complexity index is 151. The zero-order chi connectivity index (χ0) is 9.64. The van der Waals surface area contributed by atoms with Crippen LogP contribution in [0.3, 0.4) is 0 Å². The van der Waals surface area contributed by atoms with Crippen molar-refractivity contribution in [1.29, 1.82) is 0 Å². The summed E-state index contributed by atoms with van der Waals surface area (Å²) in [6.45, 7) is 3.94. The van der Waals surface area contributed by atoms with Gasteiger partial charge in [-0.15, -0.1) is 0 Å². The summed E-state index contributed by atoms with van der Waals surface area (Å²) < 4.78 is 10.9. The fourth-order valence-electron chi connectivity index (χ4n) is 2.22. The maximum Gasteiger partial charge on any atom is 0.0588 e. The van der Waals surface area contributed by atoms with Gasteiger partial charge in [-0.25, -0.2) is 0 Å². The SMILES string of the molecule is C1COC(CCNC2CCOCC2)C1. The lowest BCUT2D eigenvalue weighted by Gasteiger charge is -2.23. The maximum absolute atomic E-state index is 5.58. The highest BCUT2D eigenvalue weighted by atomic mass is 16.5. The van der Waals surface area contributed by atoms with Crippen LogP contribution in [0.2, 0.25) is 0 Å². The molecule has 82 valence electrons.